The van der Waals surface area contributed by atoms with E-state index in [-0.39, 0.29) is 0 Å². The predicted octanol–water partition coefficient (Wildman–Crippen LogP) is 7.65. The maximum Gasteiger partial charge on any atom is 0.0464 e. The molecule has 4 aromatic heterocycles. The highest BCUT2D eigenvalue weighted by atomic mass is 32.1. The Morgan fingerprint density at radius 1 is 0.500 bits per heavy atom. The average molecular weight is 361 g/mol. The quantitative estimate of drug-likeness (QED) is 0.344. The summed E-state index contributed by atoms with van der Waals surface area (Å²) in [4.78, 5) is 8.49. The Morgan fingerprint density at radius 3 is 1.18 bits per heavy atom. The van der Waals surface area contributed by atoms with Crippen molar-refractivity contribution in [2.75, 3.05) is 0 Å². The second-order valence-corrected chi connectivity index (χ2v) is 10.3. The molecule has 0 aromatic carbocycles. The van der Waals surface area contributed by atoms with Gasteiger partial charge in [-0.15, -0.1) is 45.3 Å². The SMILES string of the molecule is Cc1cc(-c2cc3sc(-c4cc(C)c(C)s4)cc3s2)sc1C. The summed E-state index contributed by atoms with van der Waals surface area (Å²) in [5.74, 6) is 0. The Balaban J connectivity index is 1.76. The van der Waals surface area contributed by atoms with Gasteiger partial charge in [0.05, 0.1) is 0 Å². The summed E-state index contributed by atoms with van der Waals surface area (Å²) in [5, 5.41) is 0. The molecule has 0 N–H and O–H groups in total. The van der Waals surface area contributed by atoms with Gasteiger partial charge in [0.1, 0.15) is 0 Å². The van der Waals surface area contributed by atoms with E-state index in [0.29, 0.717) is 0 Å². The van der Waals surface area contributed by atoms with Gasteiger partial charge in [-0.05, 0) is 63.1 Å². The molecule has 0 unspecified atom stereocenters. The molecule has 0 atom stereocenters. The van der Waals surface area contributed by atoms with Gasteiger partial charge >= 0.3 is 0 Å². The standard InChI is InChI=1S/C18H16S4/c1-9-5-13(19-11(9)3)15-7-17-18(21-15)8-16(22-17)14-6-10(2)12(4)20-14/h5-8H,1-4H3. The highest BCUT2D eigenvalue weighted by Gasteiger charge is 2.13. The van der Waals surface area contributed by atoms with Crippen LogP contribution in [0.25, 0.3) is 28.9 Å². The molecule has 4 aromatic rings. The second kappa shape index (κ2) is 5.31. The minimum absolute atomic E-state index is 1.40. The lowest BCUT2D eigenvalue weighted by Crippen LogP contribution is -1.63. The van der Waals surface area contributed by atoms with Gasteiger partial charge in [-0.25, -0.2) is 0 Å². The van der Waals surface area contributed by atoms with E-state index in [1.54, 1.807) is 0 Å². The van der Waals surface area contributed by atoms with E-state index in [0.717, 1.165) is 0 Å². The molecule has 0 saturated heterocycles. The summed E-state index contributed by atoms with van der Waals surface area (Å²) in [6.45, 7) is 8.81. The van der Waals surface area contributed by atoms with Crippen LogP contribution in [0.5, 0.6) is 0 Å². The molecule has 0 aliphatic rings. The number of rotatable bonds is 2. The highest BCUT2D eigenvalue weighted by molar-refractivity contribution is 7.33. The molecule has 0 saturated carbocycles. The lowest BCUT2D eigenvalue weighted by atomic mass is 10.2. The number of hydrogen-bond acceptors (Lipinski definition) is 4. The van der Waals surface area contributed by atoms with Gasteiger partial charge in [-0.3, -0.25) is 0 Å². The van der Waals surface area contributed by atoms with E-state index in [4.69, 9.17) is 0 Å². The van der Waals surface area contributed by atoms with Crippen molar-refractivity contribution in [1.82, 2.24) is 0 Å². The summed E-state index contributed by atoms with van der Waals surface area (Å²) < 4.78 is 2.84. The van der Waals surface area contributed by atoms with E-state index in [9.17, 15) is 0 Å². The van der Waals surface area contributed by atoms with Crippen LogP contribution in [0.3, 0.4) is 0 Å². The molecule has 0 fully saturated rings. The fourth-order valence-electron chi connectivity index (χ4n) is 2.47. The fourth-order valence-corrected chi connectivity index (χ4v) is 7.08. The van der Waals surface area contributed by atoms with Gasteiger partial charge in [0.25, 0.3) is 0 Å². The third-order valence-corrected chi connectivity index (χ3v) is 9.01. The van der Waals surface area contributed by atoms with Crippen molar-refractivity contribution in [2.24, 2.45) is 0 Å². The molecule has 0 aliphatic carbocycles. The van der Waals surface area contributed by atoms with E-state index in [2.05, 4.69) is 52.0 Å². The average Bonchev–Trinajstić information content (AvgIpc) is 3.16. The maximum absolute atomic E-state index is 2.37. The normalized spacial score (nSPS) is 11.6. The van der Waals surface area contributed by atoms with E-state index in [1.165, 1.54) is 49.8 Å². The number of fused-ring (bicyclic) bond motifs is 1. The minimum atomic E-state index is 1.40. The zero-order valence-corrected chi connectivity index (χ0v) is 16.2. The Kier molecular flexibility index (Phi) is 3.53. The fraction of sp³-hybridized carbons (Fsp3) is 0.222. The third kappa shape index (κ3) is 2.38. The Morgan fingerprint density at radius 2 is 0.864 bits per heavy atom. The summed E-state index contributed by atoms with van der Waals surface area (Å²) in [5.41, 5.74) is 2.81. The molecule has 0 amide bonds. The van der Waals surface area contributed by atoms with Crippen molar-refractivity contribution in [2.45, 2.75) is 27.7 Å². The van der Waals surface area contributed by atoms with Gasteiger partial charge in [0, 0.05) is 38.7 Å². The summed E-state index contributed by atoms with van der Waals surface area (Å²) in [6, 6.07) is 9.38. The Bertz CT molecular complexity index is 828. The van der Waals surface area contributed by atoms with Crippen molar-refractivity contribution in [3.05, 3.63) is 45.1 Å². The lowest BCUT2D eigenvalue weighted by Gasteiger charge is -1.90. The largest absolute Gasteiger partial charge is 0.139 e. The molecular formula is C18H16S4. The lowest BCUT2D eigenvalue weighted by molar-refractivity contribution is 1.44. The number of thiophene rings is 4. The van der Waals surface area contributed by atoms with Crippen LogP contribution in [0.1, 0.15) is 20.9 Å². The molecule has 0 radical (unpaired) electrons. The molecule has 4 rings (SSSR count). The van der Waals surface area contributed by atoms with Crippen molar-refractivity contribution in [1.29, 1.82) is 0 Å². The van der Waals surface area contributed by atoms with Gasteiger partial charge in [-0.2, -0.15) is 0 Å². The van der Waals surface area contributed by atoms with Crippen molar-refractivity contribution < 1.29 is 0 Å². The van der Waals surface area contributed by atoms with Crippen LogP contribution >= 0.6 is 45.3 Å². The van der Waals surface area contributed by atoms with Crippen molar-refractivity contribution in [3.63, 3.8) is 0 Å². The predicted molar refractivity (Wildman–Crippen MR) is 105 cm³/mol. The van der Waals surface area contributed by atoms with Crippen LogP contribution < -0.4 is 0 Å². The van der Waals surface area contributed by atoms with Crippen molar-refractivity contribution >= 4 is 54.7 Å². The monoisotopic (exact) mass is 360 g/mol. The Labute approximate surface area is 146 Å². The summed E-state index contributed by atoms with van der Waals surface area (Å²) >= 11 is 7.67. The van der Waals surface area contributed by atoms with Crippen LogP contribution in [0.15, 0.2) is 24.3 Å². The van der Waals surface area contributed by atoms with E-state index < -0.39 is 0 Å². The maximum atomic E-state index is 2.37. The molecule has 0 bridgehead atoms. The topological polar surface area (TPSA) is 0 Å². The third-order valence-electron chi connectivity index (χ3n) is 4.02. The van der Waals surface area contributed by atoms with Crippen molar-refractivity contribution in [3.8, 4) is 19.5 Å². The molecule has 4 heteroatoms. The zero-order chi connectivity index (χ0) is 15.4. The first-order valence-corrected chi connectivity index (χ1v) is 10.5. The van der Waals surface area contributed by atoms with E-state index >= 15 is 0 Å². The molecule has 0 nitrogen and oxygen atoms in total. The smallest absolute Gasteiger partial charge is 0.0464 e. The van der Waals surface area contributed by atoms with Crippen LogP contribution in [-0.4, -0.2) is 0 Å². The first-order valence-electron chi connectivity index (χ1n) is 7.19. The first kappa shape index (κ1) is 14.6. The van der Waals surface area contributed by atoms with Gasteiger partial charge in [0.15, 0.2) is 0 Å². The molecule has 0 aliphatic heterocycles. The second-order valence-electron chi connectivity index (χ2n) is 5.65. The number of hydrogen-bond donors (Lipinski definition) is 0. The molecule has 0 spiro atoms. The Hall–Kier alpha value is -0.940. The molecular weight excluding hydrogens is 344 g/mol. The summed E-state index contributed by atoms with van der Waals surface area (Å²) in [6.07, 6.45) is 0. The van der Waals surface area contributed by atoms with Gasteiger partial charge in [-0.1, -0.05) is 0 Å². The van der Waals surface area contributed by atoms with Gasteiger partial charge < -0.3 is 0 Å². The zero-order valence-electron chi connectivity index (χ0n) is 12.9. The van der Waals surface area contributed by atoms with Crippen LogP contribution in [-0.2, 0) is 0 Å². The first-order chi connectivity index (χ1) is 10.5. The molecule has 4 heterocycles. The molecule has 112 valence electrons. The van der Waals surface area contributed by atoms with Crippen LogP contribution in [0, 0.1) is 27.7 Å². The summed E-state index contributed by atoms with van der Waals surface area (Å²) in [7, 11) is 0. The molecule has 22 heavy (non-hydrogen) atoms. The highest BCUT2D eigenvalue weighted by Crippen LogP contribution is 2.45. The van der Waals surface area contributed by atoms with Crippen LogP contribution in [0.4, 0.5) is 0 Å². The van der Waals surface area contributed by atoms with Crippen LogP contribution in [0.2, 0.25) is 0 Å². The minimum Gasteiger partial charge on any atom is -0.139 e. The van der Waals surface area contributed by atoms with Gasteiger partial charge in [0.2, 0.25) is 0 Å². The van der Waals surface area contributed by atoms with E-state index in [1.807, 2.05) is 45.3 Å². The number of aryl methyl sites for hydroxylation is 4.